The lowest BCUT2D eigenvalue weighted by atomic mass is 9.89. The molecule has 1 aromatic carbocycles. The summed E-state index contributed by atoms with van der Waals surface area (Å²) in [7, 11) is 0. The van der Waals surface area contributed by atoms with Crippen molar-refractivity contribution in [2.75, 3.05) is 19.9 Å². The lowest BCUT2D eigenvalue weighted by Crippen LogP contribution is -2.49. The Morgan fingerprint density at radius 2 is 1.92 bits per heavy atom. The standard InChI is InChI=1S/C18H24N2O5/c21-10-14(18(23)19-9-12-4-2-1-3-5-12)20-17(22)13-6-7-15-16(8-13)25-11-24-15/h6-8,12,14,21H,1-5,9-11H2,(H,19,23)(H,20,22)/t14-/m0/s1. The van der Waals surface area contributed by atoms with Gasteiger partial charge in [-0.1, -0.05) is 19.3 Å². The summed E-state index contributed by atoms with van der Waals surface area (Å²) in [5, 5.41) is 14.9. The van der Waals surface area contributed by atoms with Gasteiger partial charge < -0.3 is 25.2 Å². The molecule has 3 rings (SSSR count). The van der Waals surface area contributed by atoms with Crippen LogP contribution in [0.2, 0.25) is 0 Å². The molecular formula is C18H24N2O5. The number of carbonyl (C=O) groups is 2. The molecule has 1 fully saturated rings. The minimum Gasteiger partial charge on any atom is -0.454 e. The second kappa shape index (κ2) is 8.20. The Labute approximate surface area is 146 Å². The van der Waals surface area contributed by atoms with Crippen molar-refractivity contribution in [2.24, 2.45) is 5.92 Å². The molecule has 7 nitrogen and oxygen atoms in total. The fourth-order valence-electron chi connectivity index (χ4n) is 3.23. The van der Waals surface area contributed by atoms with Gasteiger partial charge in [0.25, 0.3) is 5.91 Å². The van der Waals surface area contributed by atoms with E-state index < -0.39 is 18.6 Å². The van der Waals surface area contributed by atoms with E-state index in [1.54, 1.807) is 18.2 Å². The average Bonchev–Trinajstić information content (AvgIpc) is 3.12. The van der Waals surface area contributed by atoms with Crippen LogP contribution in [-0.4, -0.2) is 42.9 Å². The van der Waals surface area contributed by atoms with Gasteiger partial charge in [-0.3, -0.25) is 9.59 Å². The molecule has 2 amide bonds. The maximum Gasteiger partial charge on any atom is 0.252 e. The molecule has 1 heterocycles. The highest BCUT2D eigenvalue weighted by molar-refractivity contribution is 5.98. The Morgan fingerprint density at radius 1 is 1.16 bits per heavy atom. The van der Waals surface area contributed by atoms with Gasteiger partial charge in [-0.25, -0.2) is 0 Å². The van der Waals surface area contributed by atoms with Gasteiger partial charge in [0.1, 0.15) is 6.04 Å². The first kappa shape index (κ1) is 17.5. The predicted octanol–water partition coefficient (Wildman–Crippen LogP) is 1.20. The Morgan fingerprint density at radius 3 is 2.68 bits per heavy atom. The second-order valence-corrected chi connectivity index (χ2v) is 6.53. The van der Waals surface area contributed by atoms with Gasteiger partial charge >= 0.3 is 0 Å². The van der Waals surface area contributed by atoms with Crippen LogP contribution < -0.4 is 20.1 Å². The van der Waals surface area contributed by atoms with Crippen LogP contribution in [0.15, 0.2) is 18.2 Å². The van der Waals surface area contributed by atoms with Crippen molar-refractivity contribution in [1.82, 2.24) is 10.6 Å². The minimum atomic E-state index is -0.971. The third-order valence-corrected chi connectivity index (χ3v) is 4.73. The fourth-order valence-corrected chi connectivity index (χ4v) is 3.23. The molecule has 0 saturated heterocycles. The van der Waals surface area contributed by atoms with Crippen molar-refractivity contribution < 1.29 is 24.2 Å². The van der Waals surface area contributed by atoms with E-state index in [0.717, 1.165) is 12.8 Å². The van der Waals surface area contributed by atoms with E-state index in [9.17, 15) is 14.7 Å². The third kappa shape index (κ3) is 4.42. The van der Waals surface area contributed by atoms with Gasteiger partial charge in [0.2, 0.25) is 12.7 Å². The van der Waals surface area contributed by atoms with E-state index in [1.807, 2.05) is 0 Å². The van der Waals surface area contributed by atoms with Crippen LogP contribution >= 0.6 is 0 Å². The molecule has 0 radical (unpaired) electrons. The fraction of sp³-hybridized carbons (Fsp3) is 0.556. The first-order valence-corrected chi connectivity index (χ1v) is 8.76. The van der Waals surface area contributed by atoms with E-state index in [0.29, 0.717) is 29.5 Å². The van der Waals surface area contributed by atoms with Crippen molar-refractivity contribution >= 4 is 11.8 Å². The van der Waals surface area contributed by atoms with Gasteiger partial charge in [0.05, 0.1) is 6.61 Å². The summed E-state index contributed by atoms with van der Waals surface area (Å²) in [6, 6.07) is 3.83. The zero-order valence-electron chi connectivity index (χ0n) is 14.1. The highest BCUT2D eigenvalue weighted by atomic mass is 16.7. The minimum absolute atomic E-state index is 0.128. The van der Waals surface area contributed by atoms with Crippen LogP contribution in [0.3, 0.4) is 0 Å². The predicted molar refractivity (Wildman–Crippen MR) is 90.5 cm³/mol. The van der Waals surface area contributed by atoms with Crippen LogP contribution in [0.4, 0.5) is 0 Å². The number of nitrogens with one attached hydrogen (secondary N) is 2. The zero-order chi connectivity index (χ0) is 17.6. The van der Waals surface area contributed by atoms with E-state index in [-0.39, 0.29) is 12.7 Å². The Balaban J connectivity index is 1.53. The van der Waals surface area contributed by atoms with Crippen molar-refractivity contribution in [1.29, 1.82) is 0 Å². The summed E-state index contributed by atoms with van der Waals surface area (Å²) < 4.78 is 10.4. The smallest absolute Gasteiger partial charge is 0.252 e. The number of amides is 2. The molecule has 1 aliphatic carbocycles. The molecule has 1 aliphatic heterocycles. The molecule has 3 N–H and O–H groups in total. The van der Waals surface area contributed by atoms with Crippen molar-refractivity contribution in [3.05, 3.63) is 23.8 Å². The lowest BCUT2D eigenvalue weighted by Gasteiger charge is -2.23. The van der Waals surface area contributed by atoms with Gasteiger partial charge in [0.15, 0.2) is 11.5 Å². The van der Waals surface area contributed by atoms with Gasteiger partial charge in [0, 0.05) is 12.1 Å². The molecule has 1 aromatic rings. The molecular weight excluding hydrogens is 324 g/mol. The topological polar surface area (TPSA) is 96.9 Å². The average molecular weight is 348 g/mol. The summed E-state index contributed by atoms with van der Waals surface area (Å²) in [5.41, 5.74) is 0.350. The van der Waals surface area contributed by atoms with Crippen LogP contribution in [0.1, 0.15) is 42.5 Å². The first-order valence-electron chi connectivity index (χ1n) is 8.76. The van der Waals surface area contributed by atoms with Gasteiger partial charge in [-0.05, 0) is 37.0 Å². The number of aliphatic hydroxyl groups is 1. The Kier molecular flexibility index (Phi) is 5.75. The maximum atomic E-state index is 12.3. The number of fused-ring (bicyclic) bond motifs is 1. The number of hydrogen-bond acceptors (Lipinski definition) is 5. The number of rotatable bonds is 6. The summed E-state index contributed by atoms with van der Waals surface area (Å²) in [6.07, 6.45) is 5.90. The van der Waals surface area contributed by atoms with E-state index in [1.165, 1.54) is 19.3 Å². The monoisotopic (exact) mass is 348 g/mol. The number of benzene rings is 1. The molecule has 0 unspecified atom stereocenters. The summed E-state index contributed by atoms with van der Waals surface area (Å²) in [6.45, 7) is 0.269. The first-order chi connectivity index (χ1) is 12.2. The quantitative estimate of drug-likeness (QED) is 0.718. The van der Waals surface area contributed by atoms with Crippen molar-refractivity contribution in [3.63, 3.8) is 0 Å². The third-order valence-electron chi connectivity index (χ3n) is 4.73. The molecule has 0 bridgehead atoms. The molecule has 0 spiro atoms. The molecule has 136 valence electrons. The summed E-state index contributed by atoms with van der Waals surface area (Å²) in [5.74, 6) is 0.768. The molecule has 7 heteroatoms. The lowest BCUT2D eigenvalue weighted by molar-refractivity contribution is -0.124. The second-order valence-electron chi connectivity index (χ2n) is 6.53. The van der Waals surface area contributed by atoms with Gasteiger partial charge in [-0.2, -0.15) is 0 Å². The normalized spacial score (nSPS) is 17.8. The summed E-state index contributed by atoms with van der Waals surface area (Å²) in [4.78, 5) is 24.6. The van der Waals surface area contributed by atoms with E-state index >= 15 is 0 Å². The Hall–Kier alpha value is -2.28. The summed E-state index contributed by atoms with van der Waals surface area (Å²) >= 11 is 0. The Bertz CT molecular complexity index is 628. The highest BCUT2D eigenvalue weighted by Crippen LogP contribution is 2.32. The molecule has 25 heavy (non-hydrogen) atoms. The van der Waals surface area contributed by atoms with Crippen molar-refractivity contribution in [3.8, 4) is 11.5 Å². The molecule has 1 saturated carbocycles. The van der Waals surface area contributed by atoms with Crippen LogP contribution in [0.5, 0.6) is 11.5 Å². The van der Waals surface area contributed by atoms with Crippen LogP contribution in [-0.2, 0) is 4.79 Å². The highest BCUT2D eigenvalue weighted by Gasteiger charge is 2.23. The molecule has 0 aromatic heterocycles. The SMILES string of the molecule is O=C(N[C@@H](CO)C(=O)NCC1CCCCC1)c1ccc2c(c1)OCO2. The van der Waals surface area contributed by atoms with Crippen molar-refractivity contribution in [2.45, 2.75) is 38.1 Å². The largest absolute Gasteiger partial charge is 0.454 e. The zero-order valence-corrected chi connectivity index (χ0v) is 14.1. The number of aliphatic hydroxyl groups excluding tert-OH is 1. The molecule has 1 atom stereocenters. The van der Waals surface area contributed by atoms with Crippen LogP contribution in [0.25, 0.3) is 0 Å². The van der Waals surface area contributed by atoms with Gasteiger partial charge in [-0.15, -0.1) is 0 Å². The van der Waals surface area contributed by atoms with E-state index in [4.69, 9.17) is 9.47 Å². The van der Waals surface area contributed by atoms with E-state index in [2.05, 4.69) is 10.6 Å². The van der Waals surface area contributed by atoms with Crippen LogP contribution in [0, 0.1) is 5.92 Å². The maximum absolute atomic E-state index is 12.3. The number of hydrogen-bond donors (Lipinski definition) is 3. The molecule has 2 aliphatic rings. The number of carbonyl (C=O) groups excluding carboxylic acids is 2. The number of ether oxygens (including phenoxy) is 2.